The molecule has 2 N–H and O–H groups in total. The molecule has 0 aromatic heterocycles. The Labute approximate surface area is 223 Å². The van der Waals surface area contributed by atoms with Gasteiger partial charge in [-0.25, -0.2) is 0 Å². The van der Waals surface area contributed by atoms with E-state index in [1.54, 1.807) is 11.1 Å². The van der Waals surface area contributed by atoms with Crippen molar-refractivity contribution in [2.45, 2.75) is 31.1 Å². The molecule has 5 unspecified atom stereocenters. The molecule has 38 heavy (non-hydrogen) atoms. The van der Waals surface area contributed by atoms with Crippen molar-refractivity contribution < 1.29 is 10.0 Å². The van der Waals surface area contributed by atoms with Crippen LogP contribution in [-0.2, 0) is 5.41 Å². The first-order chi connectivity index (χ1) is 18.7. The minimum atomic E-state index is -1.53. The molecule has 0 radical (unpaired) electrons. The van der Waals surface area contributed by atoms with Gasteiger partial charge >= 0.3 is 7.12 Å². The van der Waals surface area contributed by atoms with E-state index in [4.69, 9.17) is 0 Å². The van der Waals surface area contributed by atoms with Crippen LogP contribution in [0.15, 0.2) is 91.0 Å². The normalized spacial score (nSPS) is 27.9. The van der Waals surface area contributed by atoms with Gasteiger partial charge in [0.25, 0.3) is 0 Å². The smallest absolute Gasteiger partial charge is 0.423 e. The fourth-order valence-corrected chi connectivity index (χ4v) is 9.88. The van der Waals surface area contributed by atoms with Crippen LogP contribution < -0.4 is 5.46 Å². The summed E-state index contributed by atoms with van der Waals surface area (Å²) in [5.41, 5.74) is 9.17. The average molecular weight is 492 g/mol. The Balaban J connectivity index is 1.37. The lowest BCUT2D eigenvalue weighted by Gasteiger charge is -2.44. The van der Waals surface area contributed by atoms with E-state index in [1.165, 1.54) is 47.9 Å². The van der Waals surface area contributed by atoms with Crippen LogP contribution in [0, 0.1) is 23.7 Å². The van der Waals surface area contributed by atoms with Crippen molar-refractivity contribution in [3.63, 3.8) is 0 Å². The van der Waals surface area contributed by atoms with Gasteiger partial charge in [0.2, 0.25) is 0 Å². The predicted molar refractivity (Wildman–Crippen MR) is 155 cm³/mol. The highest BCUT2D eigenvalue weighted by atomic mass is 16.4. The van der Waals surface area contributed by atoms with Crippen LogP contribution >= 0.6 is 0 Å². The van der Waals surface area contributed by atoms with E-state index >= 15 is 0 Å². The molecule has 5 aliphatic carbocycles. The average Bonchev–Trinajstić information content (AvgIpc) is 3.48. The number of fused-ring (bicyclic) bond motifs is 5. The zero-order valence-electron chi connectivity index (χ0n) is 21.3. The standard InChI is InChI=1S/C35H29BO2/c37-36(38)34-28-10-3-1-8-26(28)33(27-9-2-4-11-29(27)34)21-13-14-25-24-7-5-6-12-30(24)35(32(25)19-21)23-16-20-15-22(18-23)31(35)17-20/h1-14,19-20,22-23,31,37-38H,15-18H2. The third kappa shape index (κ3) is 2.48. The molecule has 5 aromatic rings. The molecule has 10 rings (SSSR count). The number of hydrogen-bond donors (Lipinski definition) is 2. The van der Waals surface area contributed by atoms with Crippen molar-refractivity contribution in [3.05, 3.63) is 102 Å². The van der Waals surface area contributed by atoms with Crippen molar-refractivity contribution in [1.29, 1.82) is 0 Å². The summed E-state index contributed by atoms with van der Waals surface area (Å²) in [6, 6.07) is 32.9. The van der Waals surface area contributed by atoms with E-state index in [-0.39, 0.29) is 5.41 Å². The summed E-state index contributed by atoms with van der Waals surface area (Å²) in [6.07, 6.45) is 5.57. The van der Waals surface area contributed by atoms with Gasteiger partial charge in [-0.05, 0) is 116 Å². The Bertz CT molecular complexity index is 1740. The molecule has 2 nitrogen and oxygen atoms in total. The summed E-state index contributed by atoms with van der Waals surface area (Å²) in [4.78, 5) is 0. The van der Waals surface area contributed by atoms with Gasteiger partial charge < -0.3 is 10.0 Å². The van der Waals surface area contributed by atoms with Gasteiger partial charge in [0, 0.05) is 5.41 Å². The van der Waals surface area contributed by atoms with Gasteiger partial charge in [0.15, 0.2) is 0 Å². The largest absolute Gasteiger partial charge is 0.489 e. The highest BCUT2D eigenvalue weighted by Crippen LogP contribution is 2.73. The lowest BCUT2D eigenvalue weighted by atomic mass is 9.59. The van der Waals surface area contributed by atoms with Crippen molar-refractivity contribution in [2.24, 2.45) is 23.7 Å². The quantitative estimate of drug-likeness (QED) is 0.213. The Morgan fingerprint density at radius 3 is 2.00 bits per heavy atom. The van der Waals surface area contributed by atoms with E-state index in [2.05, 4.69) is 66.7 Å². The van der Waals surface area contributed by atoms with Crippen LogP contribution in [-0.4, -0.2) is 17.2 Å². The maximum Gasteiger partial charge on any atom is 0.489 e. The minimum absolute atomic E-state index is 0.145. The Kier molecular flexibility index (Phi) is 4.18. The van der Waals surface area contributed by atoms with E-state index in [9.17, 15) is 10.0 Å². The van der Waals surface area contributed by atoms with E-state index < -0.39 is 7.12 Å². The molecular formula is C35H29BO2. The van der Waals surface area contributed by atoms with Crippen LogP contribution in [0.5, 0.6) is 0 Å². The molecule has 184 valence electrons. The number of hydrogen-bond acceptors (Lipinski definition) is 2. The summed E-state index contributed by atoms with van der Waals surface area (Å²) < 4.78 is 0. The lowest BCUT2D eigenvalue weighted by molar-refractivity contribution is 0.191. The van der Waals surface area contributed by atoms with Crippen LogP contribution in [0.3, 0.4) is 0 Å². The van der Waals surface area contributed by atoms with Gasteiger partial charge in [-0.1, -0.05) is 84.9 Å². The maximum atomic E-state index is 10.4. The molecule has 0 amide bonds. The van der Waals surface area contributed by atoms with Crippen LogP contribution in [0.25, 0.3) is 43.8 Å². The molecular weight excluding hydrogens is 463 g/mol. The van der Waals surface area contributed by atoms with Crippen molar-refractivity contribution in [1.82, 2.24) is 0 Å². The molecule has 3 heteroatoms. The van der Waals surface area contributed by atoms with Gasteiger partial charge in [-0.15, -0.1) is 0 Å². The van der Waals surface area contributed by atoms with Gasteiger partial charge in [-0.3, -0.25) is 0 Å². The second kappa shape index (κ2) is 7.37. The molecule has 4 saturated carbocycles. The van der Waals surface area contributed by atoms with Gasteiger partial charge in [0.1, 0.15) is 0 Å². The van der Waals surface area contributed by atoms with E-state index in [0.717, 1.165) is 45.2 Å². The highest BCUT2D eigenvalue weighted by Gasteiger charge is 2.65. The third-order valence-electron chi connectivity index (χ3n) is 10.9. The molecule has 5 atom stereocenters. The van der Waals surface area contributed by atoms with Gasteiger partial charge in [0.05, 0.1) is 0 Å². The first-order valence-electron chi connectivity index (χ1n) is 14.2. The lowest BCUT2D eigenvalue weighted by Crippen LogP contribution is -2.40. The monoisotopic (exact) mass is 492 g/mol. The highest BCUT2D eigenvalue weighted by molar-refractivity contribution is 6.66. The summed E-state index contributed by atoms with van der Waals surface area (Å²) in [5.74, 6) is 3.29. The predicted octanol–water partition coefficient (Wildman–Crippen LogP) is 6.67. The summed E-state index contributed by atoms with van der Waals surface area (Å²) in [5, 5.41) is 24.8. The maximum absolute atomic E-state index is 10.4. The fraction of sp³-hybridized carbons (Fsp3) is 0.257. The molecule has 4 bridgehead atoms. The van der Waals surface area contributed by atoms with E-state index in [0.29, 0.717) is 5.46 Å². The Hall–Kier alpha value is -3.40. The molecule has 0 heterocycles. The minimum Gasteiger partial charge on any atom is -0.423 e. The zero-order valence-corrected chi connectivity index (χ0v) is 21.3. The molecule has 4 fully saturated rings. The topological polar surface area (TPSA) is 40.5 Å². The molecule has 5 aliphatic rings. The van der Waals surface area contributed by atoms with Gasteiger partial charge in [-0.2, -0.15) is 0 Å². The van der Waals surface area contributed by atoms with Crippen molar-refractivity contribution in [3.8, 4) is 22.3 Å². The van der Waals surface area contributed by atoms with Crippen molar-refractivity contribution >= 4 is 34.1 Å². The summed E-state index contributed by atoms with van der Waals surface area (Å²) in [7, 11) is -1.53. The second-order valence-electron chi connectivity index (χ2n) is 12.3. The molecule has 0 saturated heterocycles. The number of benzene rings is 5. The second-order valence-corrected chi connectivity index (χ2v) is 12.3. The molecule has 0 aliphatic heterocycles. The number of rotatable bonds is 2. The Morgan fingerprint density at radius 2 is 1.29 bits per heavy atom. The first-order valence-corrected chi connectivity index (χ1v) is 14.2. The molecule has 1 spiro atoms. The fourth-order valence-electron chi connectivity index (χ4n) is 9.88. The van der Waals surface area contributed by atoms with Crippen LogP contribution in [0.1, 0.15) is 36.8 Å². The SMILES string of the molecule is OB(O)c1c2ccccc2c(-c2ccc3c(c2)C2(c4ccccc4-3)C3CC4CC(C3)C2C4)c2ccccc12. The first kappa shape index (κ1) is 21.5. The third-order valence-corrected chi connectivity index (χ3v) is 10.9. The van der Waals surface area contributed by atoms with Crippen LogP contribution in [0.4, 0.5) is 0 Å². The van der Waals surface area contributed by atoms with E-state index in [1.807, 2.05) is 24.3 Å². The zero-order chi connectivity index (χ0) is 25.2. The molecule has 5 aromatic carbocycles. The summed E-state index contributed by atoms with van der Waals surface area (Å²) >= 11 is 0. The van der Waals surface area contributed by atoms with Crippen LogP contribution in [0.2, 0.25) is 0 Å². The van der Waals surface area contributed by atoms with Crippen molar-refractivity contribution in [2.75, 3.05) is 0 Å². The Morgan fingerprint density at radius 1 is 0.632 bits per heavy atom. The summed E-state index contributed by atoms with van der Waals surface area (Å²) in [6.45, 7) is 0.